The summed E-state index contributed by atoms with van der Waals surface area (Å²) in [5, 5.41) is 8.09. The molecule has 0 N–H and O–H groups in total. The minimum atomic E-state index is 0.898. The second-order valence-electron chi connectivity index (χ2n) is 3.82. The van der Waals surface area contributed by atoms with Gasteiger partial charge in [0, 0.05) is 12.1 Å². The highest BCUT2D eigenvalue weighted by Crippen LogP contribution is 2.19. The third-order valence-corrected chi connectivity index (χ3v) is 2.44. The number of nitrogens with zero attached hydrogens (tertiary/aromatic N) is 3. The Labute approximate surface area is 89.8 Å². The van der Waals surface area contributed by atoms with Crippen LogP contribution in [0.4, 0.5) is 0 Å². The van der Waals surface area contributed by atoms with Crippen LogP contribution < -0.4 is 0 Å². The highest BCUT2D eigenvalue weighted by Gasteiger charge is 2.06. The molecule has 0 saturated carbocycles. The summed E-state index contributed by atoms with van der Waals surface area (Å²) in [5.74, 6) is 0.948. The minimum absolute atomic E-state index is 0.898. The molecule has 0 atom stereocenters. The van der Waals surface area contributed by atoms with E-state index in [9.17, 15) is 0 Å². The van der Waals surface area contributed by atoms with E-state index >= 15 is 0 Å². The summed E-state index contributed by atoms with van der Waals surface area (Å²) >= 11 is 0. The number of benzene rings is 1. The lowest BCUT2D eigenvalue weighted by Gasteiger charge is -2.05. The summed E-state index contributed by atoms with van der Waals surface area (Å²) in [4.78, 5) is 0. The molecule has 1 aromatic carbocycles. The van der Waals surface area contributed by atoms with E-state index in [2.05, 4.69) is 49.2 Å². The van der Waals surface area contributed by atoms with E-state index in [1.165, 1.54) is 11.1 Å². The van der Waals surface area contributed by atoms with Crippen molar-refractivity contribution in [1.29, 1.82) is 0 Å². The molecule has 0 radical (unpaired) electrons. The number of aryl methyl sites for hydroxylation is 3. The molecule has 15 heavy (non-hydrogen) atoms. The van der Waals surface area contributed by atoms with Gasteiger partial charge in [-0.25, -0.2) is 0 Å². The van der Waals surface area contributed by atoms with Gasteiger partial charge in [0.2, 0.25) is 0 Å². The Morgan fingerprint density at radius 3 is 2.40 bits per heavy atom. The molecule has 0 bridgehead atoms. The van der Waals surface area contributed by atoms with Crippen molar-refractivity contribution in [1.82, 2.24) is 14.8 Å². The molecule has 3 heteroatoms. The Hall–Kier alpha value is -1.64. The highest BCUT2D eigenvalue weighted by molar-refractivity contribution is 5.57. The Bertz CT molecular complexity index is 451. The van der Waals surface area contributed by atoms with E-state index in [4.69, 9.17) is 0 Å². The molecule has 3 nitrogen and oxygen atoms in total. The van der Waals surface area contributed by atoms with Crippen LogP contribution in [0.15, 0.2) is 24.5 Å². The van der Waals surface area contributed by atoms with Gasteiger partial charge in [0.15, 0.2) is 5.82 Å². The Kier molecular flexibility index (Phi) is 2.54. The van der Waals surface area contributed by atoms with Gasteiger partial charge in [-0.3, -0.25) is 0 Å². The lowest BCUT2D eigenvalue weighted by Crippen LogP contribution is -1.96. The molecule has 0 aliphatic heterocycles. The largest absolute Gasteiger partial charge is 0.314 e. The van der Waals surface area contributed by atoms with E-state index in [0.29, 0.717) is 0 Å². The summed E-state index contributed by atoms with van der Waals surface area (Å²) in [6.07, 6.45) is 1.77. The number of hydrogen-bond donors (Lipinski definition) is 0. The second kappa shape index (κ2) is 3.85. The van der Waals surface area contributed by atoms with Crippen LogP contribution in [0.1, 0.15) is 18.1 Å². The number of hydrogen-bond acceptors (Lipinski definition) is 2. The van der Waals surface area contributed by atoms with Crippen molar-refractivity contribution in [3.05, 3.63) is 35.7 Å². The van der Waals surface area contributed by atoms with Gasteiger partial charge in [-0.2, -0.15) is 0 Å². The lowest BCUT2D eigenvalue weighted by molar-refractivity contribution is 0.767. The molecule has 0 aliphatic carbocycles. The molecular weight excluding hydrogens is 186 g/mol. The van der Waals surface area contributed by atoms with Crippen molar-refractivity contribution in [2.45, 2.75) is 27.3 Å². The summed E-state index contributed by atoms with van der Waals surface area (Å²) in [7, 11) is 0. The molecule has 0 fully saturated rings. The molecule has 2 rings (SSSR count). The zero-order valence-corrected chi connectivity index (χ0v) is 9.36. The van der Waals surface area contributed by atoms with Gasteiger partial charge in [-0.1, -0.05) is 17.2 Å². The van der Waals surface area contributed by atoms with Gasteiger partial charge in [-0.05, 0) is 32.9 Å². The minimum Gasteiger partial charge on any atom is -0.314 e. The first-order valence-corrected chi connectivity index (χ1v) is 5.17. The normalized spacial score (nSPS) is 10.6. The van der Waals surface area contributed by atoms with Gasteiger partial charge in [-0.15, -0.1) is 10.2 Å². The molecule has 0 aliphatic rings. The molecule has 0 spiro atoms. The van der Waals surface area contributed by atoms with E-state index in [1.54, 1.807) is 6.33 Å². The van der Waals surface area contributed by atoms with Gasteiger partial charge in [0.1, 0.15) is 6.33 Å². The van der Waals surface area contributed by atoms with Crippen molar-refractivity contribution in [2.24, 2.45) is 0 Å². The topological polar surface area (TPSA) is 30.7 Å². The van der Waals surface area contributed by atoms with Gasteiger partial charge < -0.3 is 4.57 Å². The summed E-state index contributed by atoms with van der Waals surface area (Å²) in [6.45, 7) is 7.19. The molecule has 2 aromatic rings. The standard InChI is InChI=1S/C12H15N3/c1-4-15-8-13-14-12(15)11-6-9(2)5-10(3)7-11/h5-8H,4H2,1-3H3. The Morgan fingerprint density at radius 1 is 1.13 bits per heavy atom. The van der Waals surface area contributed by atoms with Crippen molar-refractivity contribution in [2.75, 3.05) is 0 Å². The van der Waals surface area contributed by atoms with Crippen molar-refractivity contribution in [3.8, 4) is 11.4 Å². The highest BCUT2D eigenvalue weighted by atomic mass is 15.3. The monoisotopic (exact) mass is 201 g/mol. The third-order valence-electron chi connectivity index (χ3n) is 2.44. The van der Waals surface area contributed by atoms with Gasteiger partial charge in [0.05, 0.1) is 0 Å². The zero-order chi connectivity index (χ0) is 10.8. The first-order valence-electron chi connectivity index (χ1n) is 5.17. The average Bonchev–Trinajstić information content (AvgIpc) is 2.63. The predicted octanol–water partition coefficient (Wildman–Crippen LogP) is 2.58. The maximum absolute atomic E-state index is 4.15. The first-order chi connectivity index (χ1) is 7.20. The molecule has 1 heterocycles. The molecule has 0 saturated heterocycles. The summed E-state index contributed by atoms with van der Waals surface area (Å²) in [5.41, 5.74) is 3.66. The van der Waals surface area contributed by atoms with Crippen LogP contribution in [0.25, 0.3) is 11.4 Å². The van der Waals surface area contributed by atoms with Crippen molar-refractivity contribution in [3.63, 3.8) is 0 Å². The van der Waals surface area contributed by atoms with Crippen LogP contribution >= 0.6 is 0 Å². The molecule has 0 unspecified atom stereocenters. The molecular formula is C12H15N3. The van der Waals surface area contributed by atoms with E-state index < -0.39 is 0 Å². The predicted molar refractivity (Wildman–Crippen MR) is 60.6 cm³/mol. The van der Waals surface area contributed by atoms with Gasteiger partial charge >= 0.3 is 0 Å². The fraction of sp³-hybridized carbons (Fsp3) is 0.333. The fourth-order valence-corrected chi connectivity index (χ4v) is 1.81. The SMILES string of the molecule is CCn1cnnc1-c1cc(C)cc(C)c1. The summed E-state index contributed by atoms with van der Waals surface area (Å²) < 4.78 is 2.05. The van der Waals surface area contributed by atoms with Crippen LogP contribution in [-0.2, 0) is 6.54 Å². The van der Waals surface area contributed by atoms with Crippen molar-refractivity contribution < 1.29 is 0 Å². The molecule has 1 aromatic heterocycles. The smallest absolute Gasteiger partial charge is 0.163 e. The molecule has 78 valence electrons. The second-order valence-corrected chi connectivity index (χ2v) is 3.82. The zero-order valence-electron chi connectivity index (χ0n) is 9.36. The number of rotatable bonds is 2. The number of aromatic nitrogens is 3. The Balaban J connectivity index is 2.53. The van der Waals surface area contributed by atoms with Gasteiger partial charge in [0.25, 0.3) is 0 Å². The van der Waals surface area contributed by atoms with E-state index in [1.807, 2.05) is 4.57 Å². The molecule has 0 amide bonds. The summed E-state index contributed by atoms with van der Waals surface area (Å²) in [6, 6.07) is 6.45. The third kappa shape index (κ3) is 1.91. The fourth-order valence-electron chi connectivity index (χ4n) is 1.81. The van der Waals surface area contributed by atoms with Crippen LogP contribution in [0.2, 0.25) is 0 Å². The van der Waals surface area contributed by atoms with Crippen LogP contribution in [0, 0.1) is 13.8 Å². The van der Waals surface area contributed by atoms with Crippen LogP contribution in [0.5, 0.6) is 0 Å². The quantitative estimate of drug-likeness (QED) is 0.747. The van der Waals surface area contributed by atoms with E-state index in [-0.39, 0.29) is 0 Å². The average molecular weight is 201 g/mol. The van der Waals surface area contributed by atoms with Crippen molar-refractivity contribution >= 4 is 0 Å². The van der Waals surface area contributed by atoms with Crippen LogP contribution in [0.3, 0.4) is 0 Å². The maximum Gasteiger partial charge on any atom is 0.163 e. The maximum atomic E-state index is 4.15. The lowest BCUT2D eigenvalue weighted by atomic mass is 10.1. The Morgan fingerprint density at radius 2 is 1.80 bits per heavy atom. The van der Waals surface area contributed by atoms with Crippen LogP contribution in [-0.4, -0.2) is 14.8 Å². The first kappa shape index (κ1) is 9.90. The van der Waals surface area contributed by atoms with E-state index in [0.717, 1.165) is 17.9 Å².